The van der Waals surface area contributed by atoms with Crippen molar-refractivity contribution in [3.05, 3.63) is 71.1 Å². The Hall–Kier alpha value is -1.87. The summed E-state index contributed by atoms with van der Waals surface area (Å²) < 4.78 is 25.1. The lowest BCUT2D eigenvalue weighted by atomic mass is 9.92. The molecule has 0 amide bonds. The summed E-state index contributed by atoms with van der Waals surface area (Å²) >= 11 is 0. The molecule has 0 bridgehead atoms. The number of rotatable bonds is 3. The van der Waals surface area contributed by atoms with Gasteiger partial charge in [0.1, 0.15) is 0 Å². The van der Waals surface area contributed by atoms with Crippen LogP contribution < -0.4 is 0 Å². The van der Waals surface area contributed by atoms with E-state index in [0.717, 1.165) is 17.6 Å². The molecule has 1 aliphatic rings. The maximum Gasteiger partial charge on any atom is 0.203 e. The van der Waals surface area contributed by atoms with Gasteiger partial charge in [0.25, 0.3) is 0 Å². The third kappa shape index (κ3) is 2.10. The lowest BCUT2D eigenvalue weighted by molar-refractivity contribution is 0.598. The summed E-state index contributed by atoms with van der Waals surface area (Å²) in [5.74, 6) is 0. The first-order valence-electron chi connectivity index (χ1n) is 6.27. The molecule has 0 heterocycles. The SMILES string of the molecule is O=S(=O)(C1=C(c2ccccc2)CC1)c1ccccc1. The van der Waals surface area contributed by atoms with Crippen molar-refractivity contribution in [3.63, 3.8) is 0 Å². The highest BCUT2D eigenvalue weighted by molar-refractivity contribution is 7.95. The molecule has 0 fully saturated rings. The molecule has 0 aliphatic heterocycles. The van der Waals surface area contributed by atoms with E-state index in [0.29, 0.717) is 16.2 Å². The minimum absolute atomic E-state index is 0.387. The van der Waals surface area contributed by atoms with Crippen LogP contribution in [-0.4, -0.2) is 8.42 Å². The minimum Gasteiger partial charge on any atom is -0.219 e. The quantitative estimate of drug-likeness (QED) is 0.853. The second-order valence-corrected chi connectivity index (χ2v) is 6.56. The van der Waals surface area contributed by atoms with Gasteiger partial charge in [-0.25, -0.2) is 8.42 Å². The smallest absolute Gasteiger partial charge is 0.203 e. The maximum atomic E-state index is 12.5. The summed E-state index contributed by atoms with van der Waals surface area (Å²) in [6.45, 7) is 0. The zero-order chi connectivity index (χ0) is 13.3. The number of hydrogen-bond donors (Lipinski definition) is 0. The molecule has 2 aromatic carbocycles. The maximum absolute atomic E-state index is 12.5. The van der Waals surface area contributed by atoms with Gasteiger partial charge in [0.05, 0.1) is 9.80 Å². The summed E-state index contributed by atoms with van der Waals surface area (Å²) in [4.78, 5) is 0.961. The Balaban J connectivity index is 2.09. The van der Waals surface area contributed by atoms with E-state index in [1.54, 1.807) is 24.3 Å². The monoisotopic (exact) mass is 270 g/mol. The van der Waals surface area contributed by atoms with Gasteiger partial charge in [-0.1, -0.05) is 48.5 Å². The third-order valence-electron chi connectivity index (χ3n) is 3.44. The van der Waals surface area contributed by atoms with E-state index in [4.69, 9.17) is 0 Å². The topological polar surface area (TPSA) is 34.1 Å². The van der Waals surface area contributed by atoms with E-state index in [9.17, 15) is 8.42 Å². The molecule has 0 spiro atoms. The van der Waals surface area contributed by atoms with Crippen LogP contribution in [0.15, 0.2) is 70.5 Å². The van der Waals surface area contributed by atoms with Gasteiger partial charge in [0, 0.05) is 0 Å². The van der Waals surface area contributed by atoms with E-state index in [1.807, 2.05) is 36.4 Å². The molecule has 2 nitrogen and oxygen atoms in total. The van der Waals surface area contributed by atoms with Crippen LogP contribution in [0, 0.1) is 0 Å². The molecule has 0 N–H and O–H groups in total. The van der Waals surface area contributed by atoms with E-state index < -0.39 is 9.84 Å². The fraction of sp³-hybridized carbons (Fsp3) is 0.125. The first-order chi connectivity index (χ1) is 9.19. The molecule has 0 unspecified atom stereocenters. The molecule has 2 aromatic rings. The summed E-state index contributed by atoms with van der Waals surface area (Å²) in [6, 6.07) is 18.4. The Kier molecular flexibility index (Phi) is 2.99. The van der Waals surface area contributed by atoms with Crippen LogP contribution in [0.3, 0.4) is 0 Å². The Morgan fingerprint density at radius 1 is 0.737 bits per heavy atom. The van der Waals surface area contributed by atoms with Gasteiger partial charge in [0.2, 0.25) is 9.84 Å². The predicted octanol–water partition coefficient (Wildman–Crippen LogP) is 3.67. The van der Waals surface area contributed by atoms with Crippen molar-refractivity contribution in [1.29, 1.82) is 0 Å². The molecule has 3 heteroatoms. The van der Waals surface area contributed by atoms with Crippen molar-refractivity contribution in [2.75, 3.05) is 0 Å². The van der Waals surface area contributed by atoms with Gasteiger partial charge in [-0.2, -0.15) is 0 Å². The molecule has 0 radical (unpaired) electrons. The molecule has 0 aromatic heterocycles. The molecule has 0 atom stereocenters. The van der Waals surface area contributed by atoms with E-state index in [1.165, 1.54) is 0 Å². The van der Waals surface area contributed by atoms with Crippen LogP contribution in [0.25, 0.3) is 5.57 Å². The van der Waals surface area contributed by atoms with E-state index >= 15 is 0 Å². The lowest BCUT2D eigenvalue weighted by Crippen LogP contribution is -2.14. The highest BCUT2D eigenvalue weighted by Gasteiger charge is 2.30. The van der Waals surface area contributed by atoms with Gasteiger partial charge in [0.15, 0.2) is 0 Å². The highest BCUT2D eigenvalue weighted by Crippen LogP contribution is 2.41. The second kappa shape index (κ2) is 4.67. The molecule has 0 saturated carbocycles. The summed E-state index contributed by atoms with van der Waals surface area (Å²) in [5.41, 5.74) is 1.98. The van der Waals surface area contributed by atoms with Crippen LogP contribution in [0.4, 0.5) is 0 Å². The molecular weight excluding hydrogens is 256 g/mol. The average molecular weight is 270 g/mol. The van der Waals surface area contributed by atoms with Gasteiger partial charge in [-0.3, -0.25) is 0 Å². The molecular formula is C16H14O2S. The van der Waals surface area contributed by atoms with Gasteiger partial charge >= 0.3 is 0 Å². The highest BCUT2D eigenvalue weighted by atomic mass is 32.2. The van der Waals surface area contributed by atoms with Gasteiger partial charge in [-0.05, 0) is 36.1 Å². The third-order valence-corrected chi connectivity index (χ3v) is 5.43. The fourth-order valence-corrected chi connectivity index (χ4v) is 4.05. The summed E-state index contributed by atoms with van der Waals surface area (Å²) in [7, 11) is -3.32. The van der Waals surface area contributed by atoms with Crippen LogP contribution in [0.2, 0.25) is 0 Å². The molecule has 19 heavy (non-hydrogen) atoms. The van der Waals surface area contributed by atoms with Crippen molar-refractivity contribution in [3.8, 4) is 0 Å². The van der Waals surface area contributed by atoms with E-state index in [2.05, 4.69) is 0 Å². The second-order valence-electron chi connectivity index (χ2n) is 4.58. The van der Waals surface area contributed by atoms with Crippen LogP contribution >= 0.6 is 0 Å². The zero-order valence-corrected chi connectivity index (χ0v) is 11.2. The van der Waals surface area contributed by atoms with Crippen LogP contribution in [0.1, 0.15) is 18.4 Å². The molecule has 3 rings (SSSR count). The van der Waals surface area contributed by atoms with Gasteiger partial charge in [-0.15, -0.1) is 0 Å². The number of allylic oxidation sites excluding steroid dienone is 2. The Bertz CT molecular complexity index is 714. The summed E-state index contributed by atoms with van der Waals surface area (Å²) in [5, 5.41) is 0. The van der Waals surface area contributed by atoms with Crippen molar-refractivity contribution in [1.82, 2.24) is 0 Å². The van der Waals surface area contributed by atoms with Crippen LogP contribution in [0.5, 0.6) is 0 Å². The standard InChI is InChI=1S/C16H14O2S/c17-19(18,14-9-5-2-6-10-14)16-12-11-15(16)13-7-3-1-4-8-13/h1-10H,11-12H2. The Morgan fingerprint density at radius 3 is 1.84 bits per heavy atom. The number of sulfone groups is 1. The van der Waals surface area contributed by atoms with Crippen molar-refractivity contribution in [2.45, 2.75) is 17.7 Å². The largest absolute Gasteiger partial charge is 0.219 e. The van der Waals surface area contributed by atoms with Crippen molar-refractivity contribution in [2.24, 2.45) is 0 Å². The normalized spacial score (nSPS) is 15.2. The summed E-state index contributed by atoms with van der Waals surface area (Å²) in [6.07, 6.45) is 1.48. The van der Waals surface area contributed by atoms with Gasteiger partial charge < -0.3 is 0 Å². The number of hydrogen-bond acceptors (Lipinski definition) is 2. The van der Waals surface area contributed by atoms with Crippen LogP contribution in [-0.2, 0) is 9.84 Å². The first-order valence-corrected chi connectivity index (χ1v) is 7.75. The predicted molar refractivity (Wildman–Crippen MR) is 76.2 cm³/mol. The average Bonchev–Trinajstić information content (AvgIpc) is 2.39. The minimum atomic E-state index is -3.32. The van der Waals surface area contributed by atoms with Crippen molar-refractivity contribution < 1.29 is 8.42 Å². The zero-order valence-electron chi connectivity index (χ0n) is 10.4. The van der Waals surface area contributed by atoms with Crippen molar-refractivity contribution >= 4 is 15.4 Å². The first kappa shape index (κ1) is 12.2. The number of benzene rings is 2. The van der Waals surface area contributed by atoms with E-state index in [-0.39, 0.29) is 0 Å². The molecule has 0 saturated heterocycles. The fourth-order valence-electron chi connectivity index (χ4n) is 2.34. The molecule has 1 aliphatic carbocycles. The molecule has 96 valence electrons. The Morgan fingerprint density at radius 2 is 1.32 bits per heavy atom. The lowest BCUT2D eigenvalue weighted by Gasteiger charge is -2.24. The Labute approximate surface area is 113 Å².